The average Bonchev–Trinajstić information content (AvgIpc) is 2.44. The Morgan fingerprint density at radius 1 is 0.895 bits per heavy atom. The van der Waals surface area contributed by atoms with Crippen LogP contribution in [0.1, 0.15) is 77.6 Å². The highest BCUT2D eigenvalue weighted by Gasteiger charge is 2.03. The van der Waals surface area contributed by atoms with Crippen molar-refractivity contribution in [3.05, 3.63) is 0 Å². The van der Waals surface area contributed by atoms with Gasteiger partial charge in [0, 0.05) is 13.5 Å². The quantitative estimate of drug-likeness (QED) is 0.366. The van der Waals surface area contributed by atoms with Crippen molar-refractivity contribution in [2.45, 2.75) is 83.7 Å². The van der Waals surface area contributed by atoms with Crippen molar-refractivity contribution in [1.29, 1.82) is 0 Å². The van der Waals surface area contributed by atoms with E-state index in [9.17, 15) is 4.79 Å². The number of unbranched alkanes of at least 4 members (excludes halogenated alkanes) is 7. The van der Waals surface area contributed by atoms with Gasteiger partial charge in [-0.1, -0.05) is 51.9 Å². The van der Waals surface area contributed by atoms with Gasteiger partial charge >= 0.3 is 5.97 Å². The van der Waals surface area contributed by atoms with Gasteiger partial charge in [0.1, 0.15) is 0 Å². The molecule has 0 saturated heterocycles. The molecule has 0 aliphatic rings. The molecule has 1 unspecified atom stereocenters. The summed E-state index contributed by atoms with van der Waals surface area (Å²) in [7, 11) is 3.26. The Morgan fingerprint density at radius 2 is 1.42 bits per heavy atom. The van der Waals surface area contributed by atoms with Crippen LogP contribution in [0.25, 0.3) is 0 Å². The molecule has 1 atom stereocenters. The molecule has 0 aromatic heterocycles. The van der Waals surface area contributed by atoms with Gasteiger partial charge in [0.05, 0.1) is 13.2 Å². The van der Waals surface area contributed by atoms with E-state index < -0.39 is 0 Å². The first-order valence-corrected chi connectivity index (χ1v) is 7.84. The van der Waals surface area contributed by atoms with Gasteiger partial charge in [-0.3, -0.25) is 4.79 Å². The second-order valence-electron chi connectivity index (χ2n) is 5.21. The summed E-state index contributed by atoms with van der Waals surface area (Å²) in [4.78, 5) is 10.9. The number of rotatable bonds is 13. The van der Waals surface area contributed by atoms with Gasteiger partial charge in [0.15, 0.2) is 0 Å². The van der Waals surface area contributed by atoms with Gasteiger partial charge in [-0.2, -0.15) is 0 Å². The van der Waals surface area contributed by atoms with E-state index in [1.807, 2.05) is 7.11 Å². The molecular formula is C16H32O3. The average molecular weight is 272 g/mol. The summed E-state index contributed by atoms with van der Waals surface area (Å²) in [6, 6.07) is 0. The molecule has 0 aromatic rings. The number of hydrogen-bond acceptors (Lipinski definition) is 3. The summed E-state index contributed by atoms with van der Waals surface area (Å²) in [6.45, 7) is 2.18. The first kappa shape index (κ1) is 18.4. The fourth-order valence-corrected chi connectivity index (χ4v) is 2.29. The van der Waals surface area contributed by atoms with E-state index in [0.29, 0.717) is 12.5 Å². The number of methoxy groups -OCH3 is 2. The van der Waals surface area contributed by atoms with Gasteiger partial charge in [0.2, 0.25) is 0 Å². The first-order valence-electron chi connectivity index (χ1n) is 7.84. The van der Waals surface area contributed by atoms with Crippen molar-refractivity contribution >= 4 is 5.97 Å². The summed E-state index contributed by atoms with van der Waals surface area (Å²) in [5.41, 5.74) is 0. The van der Waals surface area contributed by atoms with Gasteiger partial charge in [-0.25, -0.2) is 0 Å². The Balaban J connectivity index is 3.13. The molecule has 0 heterocycles. The van der Waals surface area contributed by atoms with Crippen LogP contribution in [0.3, 0.4) is 0 Å². The molecule has 0 N–H and O–H groups in total. The Kier molecular flexibility index (Phi) is 13.4. The minimum atomic E-state index is -0.0800. The van der Waals surface area contributed by atoms with Crippen LogP contribution in [0.15, 0.2) is 0 Å². The zero-order valence-electron chi connectivity index (χ0n) is 13.1. The predicted molar refractivity (Wildman–Crippen MR) is 79.3 cm³/mol. The van der Waals surface area contributed by atoms with Crippen molar-refractivity contribution in [3.8, 4) is 0 Å². The highest BCUT2D eigenvalue weighted by atomic mass is 16.5. The summed E-state index contributed by atoms with van der Waals surface area (Å²) in [5.74, 6) is -0.0800. The monoisotopic (exact) mass is 272 g/mol. The lowest BCUT2D eigenvalue weighted by atomic mass is 10.0. The third kappa shape index (κ3) is 12.2. The van der Waals surface area contributed by atoms with Crippen molar-refractivity contribution in [1.82, 2.24) is 0 Å². The molecule has 19 heavy (non-hydrogen) atoms. The lowest BCUT2D eigenvalue weighted by molar-refractivity contribution is -0.140. The van der Waals surface area contributed by atoms with Crippen molar-refractivity contribution < 1.29 is 14.3 Å². The van der Waals surface area contributed by atoms with E-state index in [4.69, 9.17) is 4.74 Å². The van der Waals surface area contributed by atoms with Crippen molar-refractivity contribution in [2.24, 2.45) is 0 Å². The molecule has 0 spiro atoms. The molecule has 3 heteroatoms. The van der Waals surface area contributed by atoms with Crippen molar-refractivity contribution in [2.75, 3.05) is 14.2 Å². The Morgan fingerprint density at radius 3 is 1.89 bits per heavy atom. The minimum absolute atomic E-state index is 0.0800. The van der Waals surface area contributed by atoms with Crippen LogP contribution in [0.2, 0.25) is 0 Å². The first-order chi connectivity index (χ1) is 9.24. The standard InChI is InChI=1S/C16H32O3/c1-4-15(18-2)13-11-9-7-5-6-8-10-12-14-16(17)19-3/h15H,4-14H2,1-3H3. The van der Waals surface area contributed by atoms with Gasteiger partial charge in [-0.15, -0.1) is 0 Å². The number of esters is 1. The third-order valence-corrected chi connectivity index (χ3v) is 3.67. The molecular weight excluding hydrogens is 240 g/mol. The molecule has 0 amide bonds. The Labute approximate surface area is 119 Å². The molecule has 0 aliphatic heterocycles. The van der Waals surface area contributed by atoms with E-state index in [1.165, 1.54) is 52.1 Å². The number of ether oxygens (including phenoxy) is 2. The lowest BCUT2D eigenvalue weighted by Gasteiger charge is -2.12. The maximum Gasteiger partial charge on any atom is 0.305 e. The summed E-state index contributed by atoms with van der Waals surface area (Å²) in [6.07, 6.45) is 13.3. The summed E-state index contributed by atoms with van der Waals surface area (Å²) in [5, 5.41) is 0. The fourth-order valence-electron chi connectivity index (χ4n) is 2.29. The second kappa shape index (κ2) is 13.9. The van der Waals surface area contributed by atoms with Crippen LogP contribution in [-0.2, 0) is 14.3 Å². The summed E-state index contributed by atoms with van der Waals surface area (Å²) >= 11 is 0. The molecule has 114 valence electrons. The van der Waals surface area contributed by atoms with E-state index in [-0.39, 0.29) is 5.97 Å². The predicted octanol–water partition coefficient (Wildman–Crippen LogP) is 4.49. The second-order valence-corrected chi connectivity index (χ2v) is 5.21. The maximum absolute atomic E-state index is 10.9. The smallest absolute Gasteiger partial charge is 0.305 e. The number of hydrogen-bond donors (Lipinski definition) is 0. The van der Waals surface area contributed by atoms with Crippen LogP contribution < -0.4 is 0 Å². The molecule has 0 rings (SSSR count). The largest absolute Gasteiger partial charge is 0.469 e. The van der Waals surface area contributed by atoms with Crippen molar-refractivity contribution in [3.63, 3.8) is 0 Å². The zero-order valence-corrected chi connectivity index (χ0v) is 13.1. The van der Waals surface area contributed by atoms with Gasteiger partial charge < -0.3 is 9.47 Å². The van der Waals surface area contributed by atoms with E-state index in [2.05, 4.69) is 11.7 Å². The van der Waals surface area contributed by atoms with Crippen LogP contribution >= 0.6 is 0 Å². The highest BCUT2D eigenvalue weighted by molar-refractivity contribution is 5.68. The molecule has 0 radical (unpaired) electrons. The maximum atomic E-state index is 10.9. The molecule has 0 bridgehead atoms. The number of carbonyl (C=O) groups is 1. The molecule has 3 nitrogen and oxygen atoms in total. The molecule has 0 saturated carbocycles. The van der Waals surface area contributed by atoms with Crippen LogP contribution in [0.4, 0.5) is 0 Å². The molecule has 0 aliphatic carbocycles. The minimum Gasteiger partial charge on any atom is -0.469 e. The summed E-state index contributed by atoms with van der Waals surface area (Å²) < 4.78 is 9.97. The Hall–Kier alpha value is -0.570. The van der Waals surface area contributed by atoms with Gasteiger partial charge in [-0.05, 0) is 19.3 Å². The highest BCUT2D eigenvalue weighted by Crippen LogP contribution is 2.13. The van der Waals surface area contributed by atoms with E-state index in [0.717, 1.165) is 19.3 Å². The molecule has 0 aromatic carbocycles. The zero-order chi connectivity index (χ0) is 14.3. The lowest BCUT2D eigenvalue weighted by Crippen LogP contribution is -2.08. The fraction of sp³-hybridized carbons (Fsp3) is 0.938. The van der Waals surface area contributed by atoms with Crippen LogP contribution in [-0.4, -0.2) is 26.3 Å². The third-order valence-electron chi connectivity index (χ3n) is 3.67. The van der Waals surface area contributed by atoms with Crippen LogP contribution in [0, 0.1) is 0 Å². The SMILES string of the molecule is CCC(CCCCCCCCCCC(=O)OC)OC. The van der Waals surface area contributed by atoms with Gasteiger partial charge in [0.25, 0.3) is 0 Å². The van der Waals surface area contributed by atoms with Crippen LogP contribution in [0.5, 0.6) is 0 Å². The Bertz CT molecular complexity index is 200. The van der Waals surface area contributed by atoms with E-state index in [1.54, 1.807) is 0 Å². The number of carbonyl (C=O) groups excluding carboxylic acids is 1. The normalized spacial score (nSPS) is 12.4. The molecule has 0 fully saturated rings. The topological polar surface area (TPSA) is 35.5 Å². The van der Waals surface area contributed by atoms with E-state index >= 15 is 0 Å².